The average molecular weight is 232 g/mol. The van der Waals surface area contributed by atoms with E-state index in [1.165, 1.54) is 6.07 Å². The van der Waals surface area contributed by atoms with Crippen LogP contribution in [0.4, 0.5) is 0 Å². The van der Waals surface area contributed by atoms with E-state index in [0.29, 0.717) is 5.69 Å². The Morgan fingerprint density at radius 3 is 2.76 bits per heavy atom. The molecule has 5 nitrogen and oxygen atoms in total. The van der Waals surface area contributed by atoms with Gasteiger partial charge in [-0.25, -0.2) is 4.79 Å². The number of aromatic amines is 1. The van der Waals surface area contributed by atoms with Crippen molar-refractivity contribution >= 4 is 5.97 Å². The summed E-state index contributed by atoms with van der Waals surface area (Å²) in [5, 5.41) is 15.1. The Hall–Kier alpha value is -2.14. The molecule has 0 radical (unpaired) electrons. The highest BCUT2D eigenvalue weighted by molar-refractivity contribution is 5.87. The lowest BCUT2D eigenvalue weighted by Gasteiger charge is -2.02. The third-order valence-corrected chi connectivity index (χ3v) is 2.22. The lowest BCUT2D eigenvalue weighted by molar-refractivity contribution is 0.0465. The van der Waals surface area contributed by atoms with Crippen LogP contribution in [0.3, 0.4) is 0 Å². The van der Waals surface area contributed by atoms with Crippen molar-refractivity contribution in [2.24, 2.45) is 0 Å². The number of rotatable bonds is 4. The van der Waals surface area contributed by atoms with Crippen LogP contribution in [0.15, 0.2) is 36.4 Å². The van der Waals surface area contributed by atoms with Crippen molar-refractivity contribution in [3.05, 3.63) is 53.3 Å². The van der Waals surface area contributed by atoms with Crippen LogP contribution >= 0.6 is 0 Å². The molecule has 5 heteroatoms. The van der Waals surface area contributed by atoms with E-state index < -0.39 is 5.97 Å². The van der Waals surface area contributed by atoms with Gasteiger partial charge in [0.15, 0.2) is 5.69 Å². The number of esters is 1. The zero-order valence-electron chi connectivity index (χ0n) is 9.09. The Morgan fingerprint density at radius 1 is 1.35 bits per heavy atom. The summed E-state index contributed by atoms with van der Waals surface area (Å²) in [6.45, 7) is 0.0277. The van der Waals surface area contributed by atoms with Gasteiger partial charge in [-0.15, -0.1) is 0 Å². The second kappa shape index (κ2) is 5.27. The number of ether oxygens (including phenoxy) is 1. The molecule has 0 spiro atoms. The summed E-state index contributed by atoms with van der Waals surface area (Å²) >= 11 is 0. The van der Waals surface area contributed by atoms with E-state index in [2.05, 4.69) is 10.2 Å². The predicted octanol–water partition coefficient (Wildman–Crippen LogP) is 1.26. The summed E-state index contributed by atoms with van der Waals surface area (Å²) < 4.78 is 5.07. The normalized spacial score (nSPS) is 10.2. The third-order valence-electron chi connectivity index (χ3n) is 2.22. The Bertz CT molecular complexity index is 493. The highest BCUT2D eigenvalue weighted by atomic mass is 16.5. The van der Waals surface area contributed by atoms with Crippen molar-refractivity contribution in [1.82, 2.24) is 10.2 Å². The number of benzene rings is 1. The lowest BCUT2D eigenvalue weighted by atomic mass is 10.2. The van der Waals surface area contributed by atoms with Crippen molar-refractivity contribution in [2.45, 2.75) is 13.2 Å². The fraction of sp³-hybridized carbons (Fsp3) is 0.167. The molecular formula is C12H12N2O3. The molecular weight excluding hydrogens is 220 g/mol. The van der Waals surface area contributed by atoms with Gasteiger partial charge in [0.2, 0.25) is 0 Å². The van der Waals surface area contributed by atoms with Crippen molar-refractivity contribution in [2.75, 3.05) is 0 Å². The minimum absolute atomic E-state index is 0.171. The van der Waals surface area contributed by atoms with E-state index in [4.69, 9.17) is 9.84 Å². The van der Waals surface area contributed by atoms with Crippen LogP contribution < -0.4 is 0 Å². The monoisotopic (exact) mass is 232 g/mol. The van der Waals surface area contributed by atoms with Gasteiger partial charge in [0.05, 0.1) is 12.3 Å². The topological polar surface area (TPSA) is 75.2 Å². The maximum atomic E-state index is 11.6. The Balaban J connectivity index is 1.93. The van der Waals surface area contributed by atoms with Crippen LogP contribution in [0.2, 0.25) is 0 Å². The maximum absolute atomic E-state index is 11.6. The maximum Gasteiger partial charge on any atom is 0.359 e. The van der Waals surface area contributed by atoms with E-state index in [9.17, 15) is 4.79 Å². The molecule has 0 unspecified atom stereocenters. The molecule has 0 atom stereocenters. The molecule has 0 saturated heterocycles. The zero-order chi connectivity index (χ0) is 12.1. The third kappa shape index (κ3) is 2.92. The molecule has 2 N–H and O–H groups in total. The first-order chi connectivity index (χ1) is 8.29. The van der Waals surface area contributed by atoms with Crippen molar-refractivity contribution < 1.29 is 14.6 Å². The highest BCUT2D eigenvalue weighted by Crippen LogP contribution is 2.05. The number of nitrogens with zero attached hydrogens (tertiary/aromatic N) is 1. The second-order valence-corrected chi connectivity index (χ2v) is 3.50. The molecule has 88 valence electrons. The van der Waals surface area contributed by atoms with Crippen LogP contribution in [0.5, 0.6) is 0 Å². The van der Waals surface area contributed by atoms with Crippen LogP contribution in [-0.2, 0) is 18.0 Å². The highest BCUT2D eigenvalue weighted by Gasteiger charge is 2.11. The minimum Gasteiger partial charge on any atom is -0.456 e. The van der Waals surface area contributed by atoms with Gasteiger partial charge in [0.25, 0.3) is 0 Å². The lowest BCUT2D eigenvalue weighted by Crippen LogP contribution is -2.05. The van der Waals surface area contributed by atoms with Gasteiger partial charge in [-0.1, -0.05) is 30.3 Å². The van der Waals surface area contributed by atoms with Crippen LogP contribution in [0.1, 0.15) is 21.7 Å². The molecule has 0 fully saturated rings. The number of aliphatic hydroxyl groups is 1. The SMILES string of the molecule is O=C(OCc1ccccc1)c1cc(CO)[nH]n1. The predicted molar refractivity (Wildman–Crippen MR) is 60.1 cm³/mol. The Kier molecular flexibility index (Phi) is 3.52. The molecule has 0 amide bonds. The molecule has 2 aromatic rings. The minimum atomic E-state index is -0.509. The van der Waals surface area contributed by atoms with Gasteiger partial charge >= 0.3 is 5.97 Å². The smallest absolute Gasteiger partial charge is 0.359 e. The van der Waals surface area contributed by atoms with Gasteiger partial charge in [0.1, 0.15) is 6.61 Å². The molecule has 17 heavy (non-hydrogen) atoms. The van der Waals surface area contributed by atoms with E-state index in [0.717, 1.165) is 5.56 Å². The molecule has 0 aliphatic rings. The van der Waals surface area contributed by atoms with Gasteiger partial charge < -0.3 is 9.84 Å². The summed E-state index contributed by atoms with van der Waals surface area (Å²) in [5.41, 5.74) is 1.57. The molecule has 1 aromatic heterocycles. The van der Waals surface area contributed by atoms with Crippen LogP contribution in [0.25, 0.3) is 0 Å². The van der Waals surface area contributed by atoms with Gasteiger partial charge in [0, 0.05) is 0 Å². The summed E-state index contributed by atoms with van der Waals surface area (Å²) in [6, 6.07) is 10.9. The summed E-state index contributed by atoms with van der Waals surface area (Å²) in [6.07, 6.45) is 0. The largest absolute Gasteiger partial charge is 0.456 e. The average Bonchev–Trinajstić information content (AvgIpc) is 2.86. The molecule has 0 aliphatic heterocycles. The van der Waals surface area contributed by atoms with Gasteiger partial charge in [-0.3, -0.25) is 5.10 Å². The number of H-pyrrole nitrogens is 1. The van der Waals surface area contributed by atoms with Gasteiger partial charge in [-0.2, -0.15) is 5.10 Å². The molecule has 0 bridgehead atoms. The van der Waals surface area contributed by atoms with E-state index in [1.807, 2.05) is 30.3 Å². The first-order valence-corrected chi connectivity index (χ1v) is 5.16. The number of hydrogen-bond donors (Lipinski definition) is 2. The van der Waals surface area contributed by atoms with Crippen LogP contribution in [-0.4, -0.2) is 21.3 Å². The van der Waals surface area contributed by atoms with E-state index in [-0.39, 0.29) is 18.9 Å². The second-order valence-electron chi connectivity index (χ2n) is 3.50. The number of hydrogen-bond acceptors (Lipinski definition) is 4. The first-order valence-electron chi connectivity index (χ1n) is 5.16. The fourth-order valence-electron chi connectivity index (χ4n) is 1.34. The standard InChI is InChI=1S/C12H12N2O3/c15-7-10-6-11(14-13-10)12(16)17-8-9-4-2-1-3-5-9/h1-6,15H,7-8H2,(H,13,14). The molecule has 0 saturated carbocycles. The van der Waals surface area contributed by atoms with Crippen molar-refractivity contribution in [3.8, 4) is 0 Å². The number of aliphatic hydroxyl groups excluding tert-OH is 1. The molecule has 1 heterocycles. The van der Waals surface area contributed by atoms with Crippen LogP contribution in [0, 0.1) is 0 Å². The van der Waals surface area contributed by atoms with Crippen molar-refractivity contribution in [1.29, 1.82) is 0 Å². The number of nitrogens with one attached hydrogen (secondary N) is 1. The molecule has 0 aliphatic carbocycles. The Morgan fingerprint density at radius 2 is 2.12 bits per heavy atom. The first kappa shape index (κ1) is 11.3. The summed E-state index contributed by atoms with van der Waals surface area (Å²) in [5.74, 6) is -0.509. The van der Waals surface area contributed by atoms with Gasteiger partial charge in [-0.05, 0) is 11.6 Å². The number of carbonyl (C=O) groups excluding carboxylic acids is 1. The van der Waals surface area contributed by atoms with E-state index >= 15 is 0 Å². The van der Waals surface area contributed by atoms with E-state index in [1.54, 1.807) is 0 Å². The zero-order valence-corrected chi connectivity index (χ0v) is 9.09. The molecule has 2 rings (SSSR count). The quantitative estimate of drug-likeness (QED) is 0.778. The number of carbonyl (C=O) groups is 1. The summed E-state index contributed by atoms with van der Waals surface area (Å²) in [7, 11) is 0. The van der Waals surface area contributed by atoms with Crippen molar-refractivity contribution in [3.63, 3.8) is 0 Å². The fourth-order valence-corrected chi connectivity index (χ4v) is 1.34. The Labute approximate surface area is 98.0 Å². The number of aromatic nitrogens is 2. The summed E-state index contributed by atoms with van der Waals surface area (Å²) in [4.78, 5) is 11.6. The molecule has 1 aromatic carbocycles.